The minimum atomic E-state index is 0.500. The Morgan fingerprint density at radius 3 is 2.84 bits per heavy atom. The van der Waals surface area contributed by atoms with Crippen LogP contribution in [0.4, 0.5) is 0 Å². The molecular weight excluding hydrogens is 264 g/mol. The van der Waals surface area contributed by atoms with Gasteiger partial charge in [0.15, 0.2) is 0 Å². The molecule has 0 bridgehead atoms. The molecule has 0 aliphatic heterocycles. The summed E-state index contributed by atoms with van der Waals surface area (Å²) in [5, 5.41) is 1.79. The van der Waals surface area contributed by atoms with E-state index in [0.717, 1.165) is 48.8 Å². The topological polar surface area (TPSA) is 39.4 Å². The summed E-state index contributed by atoms with van der Waals surface area (Å²) in [6.45, 7) is 1.02. The molecule has 2 rings (SSSR count). The summed E-state index contributed by atoms with van der Waals surface area (Å²) < 4.78 is 10.4. The number of hydrogen-bond donors (Lipinski definition) is 0. The van der Waals surface area contributed by atoms with Crippen LogP contribution in [0.25, 0.3) is 11.0 Å². The fraction of sp³-hybridized carbons (Fsp3) is 0.400. The average Bonchev–Trinajstić information content (AvgIpc) is 2.79. The molecule has 2 aromatic rings. The molecule has 102 valence electrons. The number of furan rings is 1. The molecule has 4 heteroatoms. The first-order chi connectivity index (χ1) is 9.29. The van der Waals surface area contributed by atoms with Crippen molar-refractivity contribution in [1.29, 1.82) is 0 Å². The maximum absolute atomic E-state index is 9.94. The predicted molar refractivity (Wildman–Crippen MR) is 75.4 cm³/mol. The van der Waals surface area contributed by atoms with Crippen LogP contribution in [0.2, 0.25) is 5.02 Å². The summed E-state index contributed by atoms with van der Waals surface area (Å²) in [4.78, 5) is 9.94. The third-order valence-electron chi connectivity index (χ3n) is 3.04. The van der Waals surface area contributed by atoms with E-state index in [4.69, 9.17) is 16.0 Å². The van der Waals surface area contributed by atoms with Gasteiger partial charge < -0.3 is 9.15 Å². The Labute approximate surface area is 117 Å². The van der Waals surface area contributed by atoms with Crippen molar-refractivity contribution in [2.24, 2.45) is 0 Å². The minimum Gasteiger partial charge on any atom is -0.468 e. The molecule has 0 spiro atoms. The molecule has 1 aromatic heterocycles. The zero-order valence-electron chi connectivity index (χ0n) is 10.7. The highest BCUT2D eigenvalue weighted by Gasteiger charge is 2.04. The lowest BCUT2D eigenvalue weighted by atomic mass is 10.1. The van der Waals surface area contributed by atoms with Gasteiger partial charge in [-0.1, -0.05) is 24.4 Å². The highest BCUT2D eigenvalue weighted by atomic mass is 35.5. The van der Waals surface area contributed by atoms with E-state index in [1.54, 1.807) is 0 Å². The Hall–Kier alpha value is -1.48. The maximum Gasteiger partial charge on any atom is 0.293 e. The second-order valence-corrected chi connectivity index (χ2v) is 4.96. The van der Waals surface area contributed by atoms with Crippen LogP contribution in [0.15, 0.2) is 28.7 Å². The molecular formula is C15H17ClO3. The van der Waals surface area contributed by atoms with Crippen molar-refractivity contribution >= 4 is 29.0 Å². The van der Waals surface area contributed by atoms with Gasteiger partial charge in [0.2, 0.25) is 0 Å². The molecule has 0 radical (unpaired) electrons. The van der Waals surface area contributed by atoms with Crippen LogP contribution in [-0.2, 0) is 16.0 Å². The van der Waals surface area contributed by atoms with E-state index in [0.29, 0.717) is 18.1 Å². The van der Waals surface area contributed by atoms with E-state index < -0.39 is 0 Å². The number of fused-ring (bicyclic) bond motifs is 1. The quantitative estimate of drug-likeness (QED) is 0.533. The molecule has 0 atom stereocenters. The monoisotopic (exact) mass is 280 g/mol. The van der Waals surface area contributed by atoms with Gasteiger partial charge in [0.1, 0.15) is 11.3 Å². The normalized spacial score (nSPS) is 10.8. The number of hydrogen-bond acceptors (Lipinski definition) is 3. The fourth-order valence-electron chi connectivity index (χ4n) is 2.07. The lowest BCUT2D eigenvalue weighted by Gasteiger charge is -1.99. The Morgan fingerprint density at radius 1 is 1.16 bits per heavy atom. The number of carbonyl (C=O) groups excluding carboxylic acids is 1. The van der Waals surface area contributed by atoms with Gasteiger partial charge in [-0.2, -0.15) is 0 Å². The second-order valence-electron chi connectivity index (χ2n) is 4.53. The van der Waals surface area contributed by atoms with Gasteiger partial charge in [0, 0.05) is 16.8 Å². The molecule has 0 N–H and O–H groups in total. The number of benzene rings is 1. The second kappa shape index (κ2) is 7.19. The van der Waals surface area contributed by atoms with Crippen LogP contribution < -0.4 is 0 Å². The number of ether oxygens (including phenoxy) is 1. The molecule has 0 saturated heterocycles. The van der Waals surface area contributed by atoms with Gasteiger partial charge in [-0.15, -0.1) is 0 Å². The zero-order chi connectivity index (χ0) is 13.5. The van der Waals surface area contributed by atoms with E-state index in [1.165, 1.54) is 0 Å². The number of halogens is 1. The van der Waals surface area contributed by atoms with Crippen LogP contribution in [0.3, 0.4) is 0 Å². The van der Waals surface area contributed by atoms with Gasteiger partial charge in [-0.05, 0) is 37.1 Å². The summed E-state index contributed by atoms with van der Waals surface area (Å²) in [6, 6.07) is 7.76. The Bertz CT molecular complexity index is 533. The SMILES string of the molecule is O=COCCCCCCc1cc2ccc(Cl)cc2o1. The summed E-state index contributed by atoms with van der Waals surface area (Å²) in [7, 11) is 0. The third kappa shape index (κ3) is 4.28. The number of carbonyl (C=O) groups is 1. The van der Waals surface area contributed by atoms with Crippen LogP contribution in [0.5, 0.6) is 0 Å². The Kier molecular flexibility index (Phi) is 5.28. The highest BCUT2D eigenvalue weighted by Crippen LogP contribution is 2.24. The van der Waals surface area contributed by atoms with Crippen molar-refractivity contribution in [3.8, 4) is 0 Å². The molecule has 0 aliphatic rings. The molecule has 1 aromatic carbocycles. The molecule has 19 heavy (non-hydrogen) atoms. The number of rotatable bonds is 8. The standard InChI is InChI=1S/C15H17ClO3/c16-13-7-6-12-9-14(19-15(12)10-13)5-3-1-2-4-8-18-11-17/h6-7,9-11H,1-5,8H2. The van der Waals surface area contributed by atoms with Crippen molar-refractivity contribution in [1.82, 2.24) is 0 Å². The molecule has 0 fully saturated rings. The van der Waals surface area contributed by atoms with Crippen LogP contribution >= 0.6 is 11.6 Å². The summed E-state index contributed by atoms with van der Waals surface area (Å²) in [6.07, 6.45) is 5.11. The van der Waals surface area contributed by atoms with Crippen molar-refractivity contribution in [3.05, 3.63) is 35.0 Å². The van der Waals surface area contributed by atoms with E-state index in [2.05, 4.69) is 10.8 Å². The van der Waals surface area contributed by atoms with Gasteiger partial charge in [-0.3, -0.25) is 4.79 Å². The third-order valence-corrected chi connectivity index (χ3v) is 3.27. The van der Waals surface area contributed by atoms with Crippen molar-refractivity contribution in [3.63, 3.8) is 0 Å². The molecule has 0 unspecified atom stereocenters. The van der Waals surface area contributed by atoms with Gasteiger partial charge in [0.25, 0.3) is 6.47 Å². The first kappa shape index (κ1) is 13.9. The van der Waals surface area contributed by atoms with E-state index >= 15 is 0 Å². The van der Waals surface area contributed by atoms with Crippen LogP contribution in [0.1, 0.15) is 31.4 Å². The summed E-state index contributed by atoms with van der Waals surface area (Å²) in [5.41, 5.74) is 0.849. The van der Waals surface area contributed by atoms with Crippen molar-refractivity contribution < 1.29 is 13.9 Å². The van der Waals surface area contributed by atoms with Gasteiger partial charge >= 0.3 is 0 Å². The van der Waals surface area contributed by atoms with Crippen molar-refractivity contribution in [2.45, 2.75) is 32.1 Å². The molecule has 0 aliphatic carbocycles. The first-order valence-electron chi connectivity index (χ1n) is 6.53. The summed E-state index contributed by atoms with van der Waals surface area (Å²) >= 11 is 5.92. The molecule has 3 nitrogen and oxygen atoms in total. The maximum atomic E-state index is 9.94. The predicted octanol–water partition coefficient (Wildman–Crippen LogP) is 4.36. The highest BCUT2D eigenvalue weighted by molar-refractivity contribution is 6.31. The number of unbranched alkanes of at least 4 members (excludes halogenated alkanes) is 3. The molecule has 0 saturated carbocycles. The molecule has 0 amide bonds. The Morgan fingerprint density at radius 2 is 2.00 bits per heavy atom. The largest absolute Gasteiger partial charge is 0.468 e. The van der Waals surface area contributed by atoms with Crippen LogP contribution in [-0.4, -0.2) is 13.1 Å². The van der Waals surface area contributed by atoms with E-state index in [1.807, 2.05) is 18.2 Å². The minimum absolute atomic E-state index is 0.500. The average molecular weight is 281 g/mol. The zero-order valence-corrected chi connectivity index (χ0v) is 11.5. The van der Waals surface area contributed by atoms with Crippen LogP contribution in [0, 0.1) is 0 Å². The lowest BCUT2D eigenvalue weighted by Crippen LogP contribution is -1.91. The first-order valence-corrected chi connectivity index (χ1v) is 6.90. The molecule has 1 heterocycles. The van der Waals surface area contributed by atoms with Gasteiger partial charge in [-0.25, -0.2) is 0 Å². The van der Waals surface area contributed by atoms with Crippen molar-refractivity contribution in [2.75, 3.05) is 6.61 Å². The fourth-order valence-corrected chi connectivity index (χ4v) is 2.23. The summed E-state index contributed by atoms with van der Waals surface area (Å²) in [5.74, 6) is 1.00. The van der Waals surface area contributed by atoms with Gasteiger partial charge in [0.05, 0.1) is 6.61 Å². The smallest absolute Gasteiger partial charge is 0.293 e. The number of aryl methyl sites for hydroxylation is 1. The van der Waals surface area contributed by atoms with E-state index in [9.17, 15) is 4.79 Å². The van der Waals surface area contributed by atoms with E-state index in [-0.39, 0.29) is 0 Å². The lowest BCUT2D eigenvalue weighted by molar-refractivity contribution is -0.128. The Balaban J connectivity index is 1.74.